The van der Waals surface area contributed by atoms with Crippen LogP contribution in [0.1, 0.15) is 31.0 Å². The van der Waals surface area contributed by atoms with Crippen molar-refractivity contribution in [2.75, 3.05) is 6.54 Å². The maximum absolute atomic E-state index is 11.9. The molecule has 1 saturated heterocycles. The Kier molecular flexibility index (Phi) is 3.19. The molecule has 1 aromatic heterocycles. The molecule has 0 radical (unpaired) electrons. The van der Waals surface area contributed by atoms with E-state index in [0.717, 1.165) is 19.3 Å². The maximum Gasteiger partial charge on any atom is 0.246 e. The van der Waals surface area contributed by atoms with Crippen molar-refractivity contribution in [2.45, 2.75) is 38.8 Å². The molecule has 88 valence electrons. The molecule has 1 amide bonds. The number of amides is 1. The third-order valence-electron chi connectivity index (χ3n) is 2.72. The van der Waals surface area contributed by atoms with E-state index in [0.29, 0.717) is 24.8 Å². The van der Waals surface area contributed by atoms with E-state index in [-0.39, 0.29) is 11.9 Å². The number of nitrogens with zero attached hydrogens (tertiary/aromatic N) is 3. The van der Waals surface area contributed by atoms with Crippen molar-refractivity contribution in [2.24, 2.45) is 5.73 Å². The Morgan fingerprint density at radius 2 is 2.38 bits per heavy atom. The van der Waals surface area contributed by atoms with E-state index in [4.69, 9.17) is 10.3 Å². The lowest BCUT2D eigenvalue weighted by atomic mass is 10.1. The van der Waals surface area contributed by atoms with Crippen molar-refractivity contribution in [3.63, 3.8) is 0 Å². The van der Waals surface area contributed by atoms with Crippen LogP contribution in [0.15, 0.2) is 4.52 Å². The zero-order valence-corrected chi connectivity index (χ0v) is 9.35. The highest BCUT2D eigenvalue weighted by atomic mass is 16.5. The summed E-state index contributed by atoms with van der Waals surface area (Å²) in [5, 5.41) is 3.69. The largest absolute Gasteiger partial charge is 0.337 e. The second-order valence-corrected chi connectivity index (χ2v) is 4.10. The van der Waals surface area contributed by atoms with Gasteiger partial charge in [-0.2, -0.15) is 4.98 Å². The molecular formula is C10H16N4O2. The van der Waals surface area contributed by atoms with Gasteiger partial charge in [0.15, 0.2) is 5.82 Å². The number of hydrogen-bond donors (Lipinski definition) is 1. The molecular weight excluding hydrogens is 208 g/mol. The fourth-order valence-corrected chi connectivity index (χ4v) is 1.86. The highest BCUT2D eigenvalue weighted by molar-refractivity contribution is 5.81. The summed E-state index contributed by atoms with van der Waals surface area (Å²) in [6, 6.07) is -0.383. The lowest BCUT2D eigenvalue weighted by molar-refractivity contribution is -0.133. The van der Waals surface area contributed by atoms with Crippen molar-refractivity contribution in [1.82, 2.24) is 15.0 Å². The summed E-state index contributed by atoms with van der Waals surface area (Å²) in [5.41, 5.74) is 5.77. The smallest absolute Gasteiger partial charge is 0.246 e. The van der Waals surface area contributed by atoms with E-state index in [2.05, 4.69) is 10.1 Å². The highest BCUT2D eigenvalue weighted by Crippen LogP contribution is 2.13. The Bertz CT molecular complexity index is 377. The van der Waals surface area contributed by atoms with Crippen LogP contribution in [0.25, 0.3) is 0 Å². The first-order chi connectivity index (χ1) is 7.66. The van der Waals surface area contributed by atoms with Gasteiger partial charge in [0.25, 0.3) is 0 Å². The van der Waals surface area contributed by atoms with Gasteiger partial charge in [-0.25, -0.2) is 0 Å². The van der Waals surface area contributed by atoms with Crippen LogP contribution >= 0.6 is 0 Å². The van der Waals surface area contributed by atoms with Crippen LogP contribution < -0.4 is 5.73 Å². The monoisotopic (exact) mass is 224 g/mol. The molecule has 6 nitrogen and oxygen atoms in total. The maximum atomic E-state index is 11.9. The summed E-state index contributed by atoms with van der Waals surface area (Å²) in [5.74, 6) is 1.04. The van der Waals surface area contributed by atoms with Crippen molar-refractivity contribution in [1.29, 1.82) is 0 Å². The molecule has 1 aliphatic rings. The molecule has 0 aromatic carbocycles. The zero-order chi connectivity index (χ0) is 11.5. The number of likely N-dealkylation sites (tertiary alicyclic amines) is 1. The molecule has 1 atom stereocenters. The van der Waals surface area contributed by atoms with Crippen molar-refractivity contribution in [3.05, 3.63) is 11.7 Å². The van der Waals surface area contributed by atoms with E-state index >= 15 is 0 Å². The summed E-state index contributed by atoms with van der Waals surface area (Å²) >= 11 is 0. The Morgan fingerprint density at radius 3 is 3.06 bits per heavy atom. The van der Waals surface area contributed by atoms with Gasteiger partial charge in [-0.3, -0.25) is 4.79 Å². The third-order valence-corrected chi connectivity index (χ3v) is 2.72. The lowest BCUT2D eigenvalue weighted by Gasteiger charge is -2.20. The van der Waals surface area contributed by atoms with Crippen LogP contribution in [0.4, 0.5) is 0 Å². The summed E-state index contributed by atoms with van der Waals surface area (Å²) in [7, 11) is 0. The van der Waals surface area contributed by atoms with E-state index in [9.17, 15) is 4.79 Å². The van der Waals surface area contributed by atoms with E-state index in [1.54, 1.807) is 11.8 Å². The molecule has 0 bridgehead atoms. The molecule has 1 aliphatic heterocycles. The van der Waals surface area contributed by atoms with Gasteiger partial charge in [0.05, 0.1) is 6.04 Å². The molecule has 1 aromatic rings. The van der Waals surface area contributed by atoms with Gasteiger partial charge in [-0.1, -0.05) is 5.16 Å². The molecule has 2 heterocycles. The second kappa shape index (κ2) is 4.61. The quantitative estimate of drug-likeness (QED) is 0.776. The van der Waals surface area contributed by atoms with E-state index < -0.39 is 0 Å². The first-order valence-corrected chi connectivity index (χ1v) is 5.50. The standard InChI is InChI=1S/C10H16N4O2/c1-7-12-9(16-13-7)6-14-5-3-2-4-8(11)10(14)15/h8H,2-6,11H2,1H3. The predicted octanol–water partition coefficient (Wildman–Crippen LogP) is 0.218. The number of rotatable bonds is 2. The topological polar surface area (TPSA) is 85.3 Å². The minimum atomic E-state index is -0.383. The van der Waals surface area contributed by atoms with E-state index in [1.807, 2.05) is 0 Å². The minimum Gasteiger partial charge on any atom is -0.337 e. The molecule has 6 heteroatoms. The van der Waals surface area contributed by atoms with Gasteiger partial charge in [0.2, 0.25) is 11.8 Å². The molecule has 0 saturated carbocycles. The third kappa shape index (κ3) is 2.38. The van der Waals surface area contributed by atoms with Gasteiger partial charge in [0.1, 0.15) is 6.54 Å². The molecule has 1 fully saturated rings. The number of carbonyl (C=O) groups excluding carboxylic acids is 1. The number of aryl methyl sites for hydroxylation is 1. The van der Waals surface area contributed by atoms with E-state index in [1.165, 1.54) is 0 Å². The highest BCUT2D eigenvalue weighted by Gasteiger charge is 2.25. The Balaban J connectivity index is 2.04. The molecule has 2 N–H and O–H groups in total. The normalized spacial score (nSPS) is 22.2. The van der Waals surface area contributed by atoms with Crippen LogP contribution in [0.5, 0.6) is 0 Å². The van der Waals surface area contributed by atoms with Crippen LogP contribution in [0.3, 0.4) is 0 Å². The number of carbonyl (C=O) groups is 1. The zero-order valence-electron chi connectivity index (χ0n) is 9.35. The number of hydrogen-bond acceptors (Lipinski definition) is 5. The molecule has 0 aliphatic carbocycles. The first kappa shape index (κ1) is 11.1. The SMILES string of the molecule is Cc1noc(CN2CCCCC(N)C2=O)n1. The van der Waals surface area contributed by atoms with Gasteiger partial charge in [-0.05, 0) is 26.2 Å². The predicted molar refractivity (Wildman–Crippen MR) is 56.3 cm³/mol. The first-order valence-electron chi connectivity index (χ1n) is 5.50. The molecule has 2 rings (SSSR count). The summed E-state index contributed by atoms with van der Waals surface area (Å²) < 4.78 is 5.00. The summed E-state index contributed by atoms with van der Waals surface area (Å²) in [6.45, 7) is 2.84. The number of aromatic nitrogens is 2. The summed E-state index contributed by atoms with van der Waals surface area (Å²) in [6.07, 6.45) is 2.73. The van der Waals surface area contributed by atoms with Crippen molar-refractivity contribution in [3.8, 4) is 0 Å². The second-order valence-electron chi connectivity index (χ2n) is 4.10. The minimum absolute atomic E-state index is 0.0200. The Hall–Kier alpha value is -1.43. The molecule has 0 spiro atoms. The average molecular weight is 224 g/mol. The fraction of sp³-hybridized carbons (Fsp3) is 0.700. The van der Waals surface area contributed by atoms with Crippen molar-refractivity contribution >= 4 is 5.91 Å². The van der Waals surface area contributed by atoms with Gasteiger partial charge in [0, 0.05) is 6.54 Å². The lowest BCUT2D eigenvalue weighted by Crippen LogP contribution is -2.41. The fourth-order valence-electron chi connectivity index (χ4n) is 1.86. The van der Waals surface area contributed by atoms with Gasteiger partial charge >= 0.3 is 0 Å². The van der Waals surface area contributed by atoms with Gasteiger partial charge in [-0.15, -0.1) is 0 Å². The summed E-state index contributed by atoms with van der Waals surface area (Å²) in [4.78, 5) is 17.6. The van der Waals surface area contributed by atoms with Crippen LogP contribution in [-0.2, 0) is 11.3 Å². The average Bonchev–Trinajstić information content (AvgIpc) is 2.60. The van der Waals surface area contributed by atoms with Crippen LogP contribution in [-0.4, -0.2) is 33.5 Å². The van der Waals surface area contributed by atoms with Gasteiger partial charge < -0.3 is 15.2 Å². The number of nitrogens with two attached hydrogens (primary N) is 1. The molecule has 16 heavy (non-hydrogen) atoms. The van der Waals surface area contributed by atoms with Crippen LogP contribution in [0, 0.1) is 6.92 Å². The molecule has 1 unspecified atom stereocenters. The van der Waals surface area contributed by atoms with Crippen LogP contribution in [0.2, 0.25) is 0 Å². The Morgan fingerprint density at radius 1 is 1.56 bits per heavy atom. The Labute approximate surface area is 93.8 Å². The van der Waals surface area contributed by atoms with Crippen molar-refractivity contribution < 1.29 is 9.32 Å².